The maximum Gasteiger partial charge on any atom is 0.275 e. The van der Waals surface area contributed by atoms with Crippen LogP contribution < -0.4 is 14.9 Å². The molecule has 3 aromatic carbocycles. The van der Waals surface area contributed by atoms with Crippen molar-refractivity contribution in [2.75, 3.05) is 6.61 Å². The van der Waals surface area contributed by atoms with Gasteiger partial charge in [-0.3, -0.25) is 4.79 Å². The predicted molar refractivity (Wildman–Crippen MR) is 130 cm³/mol. The van der Waals surface area contributed by atoms with E-state index in [4.69, 9.17) is 9.47 Å². The van der Waals surface area contributed by atoms with Crippen LogP contribution in [0.2, 0.25) is 0 Å². The fraction of sp³-hybridized carbons (Fsp3) is 0.0833. The molecular formula is C24H20Br2N2O3. The monoisotopic (exact) mass is 542 g/mol. The Morgan fingerprint density at radius 3 is 2.42 bits per heavy atom. The summed E-state index contributed by atoms with van der Waals surface area (Å²) in [6, 6.07) is 20.6. The highest BCUT2D eigenvalue weighted by Crippen LogP contribution is 2.25. The first-order valence-corrected chi connectivity index (χ1v) is 11.0. The first-order chi connectivity index (χ1) is 15.1. The van der Waals surface area contributed by atoms with E-state index in [-0.39, 0.29) is 5.91 Å². The Kier molecular flexibility index (Phi) is 8.44. The molecule has 1 amide bonds. The zero-order valence-electron chi connectivity index (χ0n) is 16.6. The van der Waals surface area contributed by atoms with Crippen LogP contribution in [-0.2, 0) is 6.61 Å². The molecule has 0 bridgehead atoms. The minimum absolute atomic E-state index is 0.355. The smallest absolute Gasteiger partial charge is 0.275 e. The van der Waals surface area contributed by atoms with Crippen LogP contribution in [0.1, 0.15) is 21.5 Å². The van der Waals surface area contributed by atoms with Gasteiger partial charge in [0.25, 0.3) is 5.91 Å². The van der Waals surface area contributed by atoms with Crippen molar-refractivity contribution in [1.29, 1.82) is 0 Å². The summed E-state index contributed by atoms with van der Waals surface area (Å²) in [5, 5.41) is 4.09. The molecule has 0 aliphatic rings. The van der Waals surface area contributed by atoms with Crippen molar-refractivity contribution in [3.63, 3.8) is 0 Å². The molecule has 158 valence electrons. The molecule has 7 heteroatoms. The van der Waals surface area contributed by atoms with Gasteiger partial charge in [0.2, 0.25) is 0 Å². The average molecular weight is 544 g/mol. The summed E-state index contributed by atoms with van der Waals surface area (Å²) in [7, 11) is 0. The third-order valence-corrected chi connectivity index (χ3v) is 5.11. The number of halogens is 2. The van der Waals surface area contributed by atoms with Gasteiger partial charge in [0.1, 0.15) is 24.7 Å². The van der Waals surface area contributed by atoms with Crippen molar-refractivity contribution < 1.29 is 14.3 Å². The number of benzene rings is 3. The fourth-order valence-corrected chi connectivity index (χ4v) is 3.40. The Morgan fingerprint density at radius 2 is 1.68 bits per heavy atom. The topological polar surface area (TPSA) is 59.9 Å². The summed E-state index contributed by atoms with van der Waals surface area (Å²) in [4.78, 5) is 12.8. The maximum atomic E-state index is 12.8. The Hall–Kier alpha value is -2.90. The zero-order chi connectivity index (χ0) is 22.1. The molecule has 0 aliphatic carbocycles. The normalized spacial score (nSPS) is 10.6. The molecule has 3 aromatic rings. The summed E-state index contributed by atoms with van der Waals surface area (Å²) in [5.74, 6) is 0.719. The van der Waals surface area contributed by atoms with Gasteiger partial charge in [-0.25, -0.2) is 5.43 Å². The van der Waals surface area contributed by atoms with Gasteiger partial charge in [0.15, 0.2) is 0 Å². The molecule has 0 aliphatic heterocycles. The van der Waals surface area contributed by atoms with E-state index in [9.17, 15) is 4.79 Å². The van der Waals surface area contributed by atoms with Crippen LogP contribution in [0.4, 0.5) is 0 Å². The van der Waals surface area contributed by atoms with Crippen molar-refractivity contribution in [3.8, 4) is 11.5 Å². The third-order valence-electron chi connectivity index (χ3n) is 4.12. The molecule has 0 aromatic heterocycles. The minimum Gasteiger partial charge on any atom is -0.489 e. The Labute approximate surface area is 198 Å². The number of rotatable bonds is 9. The predicted octanol–water partition coefficient (Wildman–Crippen LogP) is 6.12. The number of hydrogen-bond acceptors (Lipinski definition) is 4. The summed E-state index contributed by atoms with van der Waals surface area (Å²) in [6.07, 6.45) is 3.19. The molecule has 0 saturated heterocycles. The van der Waals surface area contributed by atoms with E-state index in [2.05, 4.69) is 49.0 Å². The van der Waals surface area contributed by atoms with E-state index in [1.165, 1.54) is 6.21 Å². The van der Waals surface area contributed by atoms with E-state index in [1.807, 2.05) is 54.6 Å². The Balaban J connectivity index is 1.72. The van der Waals surface area contributed by atoms with Crippen molar-refractivity contribution >= 4 is 44.0 Å². The summed E-state index contributed by atoms with van der Waals surface area (Å²) in [5.41, 5.74) is 4.65. The molecule has 5 nitrogen and oxygen atoms in total. The molecular weight excluding hydrogens is 524 g/mol. The number of nitrogens with one attached hydrogen (secondary N) is 1. The highest BCUT2D eigenvalue weighted by Gasteiger charge is 2.13. The van der Waals surface area contributed by atoms with Gasteiger partial charge in [-0.2, -0.15) is 5.10 Å². The molecule has 3 rings (SSSR count). The maximum absolute atomic E-state index is 12.8. The molecule has 0 fully saturated rings. The lowest BCUT2D eigenvalue weighted by molar-refractivity contribution is 0.0950. The van der Waals surface area contributed by atoms with E-state index >= 15 is 0 Å². The fourth-order valence-electron chi connectivity index (χ4n) is 2.66. The first-order valence-electron chi connectivity index (χ1n) is 9.39. The number of nitrogens with zero attached hydrogens (tertiary/aromatic N) is 1. The van der Waals surface area contributed by atoms with Crippen molar-refractivity contribution in [2.45, 2.75) is 6.61 Å². The van der Waals surface area contributed by atoms with Gasteiger partial charge in [-0.15, -0.1) is 0 Å². The average Bonchev–Trinajstić information content (AvgIpc) is 2.78. The van der Waals surface area contributed by atoms with Crippen LogP contribution in [-0.4, -0.2) is 18.7 Å². The van der Waals surface area contributed by atoms with Gasteiger partial charge in [0.05, 0.1) is 11.8 Å². The lowest BCUT2D eigenvalue weighted by Gasteiger charge is -2.11. The van der Waals surface area contributed by atoms with E-state index in [0.29, 0.717) is 35.8 Å². The number of amides is 1. The standard InChI is InChI=1S/C24H20Br2N2O3/c1-2-12-30-22-10-8-19(25)13-18(22)15-27-28-24(29)21-14-20(26)9-11-23(21)31-16-17-6-4-3-5-7-17/h2-11,13-15H,1,12,16H2,(H,28,29)/b27-15+. The molecule has 31 heavy (non-hydrogen) atoms. The molecule has 0 saturated carbocycles. The second-order valence-electron chi connectivity index (χ2n) is 6.40. The lowest BCUT2D eigenvalue weighted by atomic mass is 10.2. The molecule has 0 radical (unpaired) electrons. The number of ether oxygens (including phenoxy) is 2. The number of carbonyl (C=O) groups is 1. The molecule has 0 atom stereocenters. The summed E-state index contributed by atoms with van der Waals surface area (Å²) < 4.78 is 13.1. The highest BCUT2D eigenvalue weighted by atomic mass is 79.9. The summed E-state index contributed by atoms with van der Waals surface area (Å²) in [6.45, 7) is 4.38. The van der Waals surface area contributed by atoms with E-state index in [1.54, 1.807) is 18.2 Å². The number of carbonyl (C=O) groups excluding carboxylic acids is 1. The van der Waals surface area contributed by atoms with Gasteiger partial charge >= 0.3 is 0 Å². The molecule has 0 heterocycles. The van der Waals surface area contributed by atoms with Gasteiger partial charge in [0, 0.05) is 14.5 Å². The lowest BCUT2D eigenvalue weighted by Crippen LogP contribution is -2.19. The minimum atomic E-state index is -0.385. The molecule has 0 unspecified atom stereocenters. The van der Waals surface area contributed by atoms with Crippen molar-refractivity contribution in [3.05, 3.63) is 105 Å². The van der Waals surface area contributed by atoms with Crippen LogP contribution in [0.3, 0.4) is 0 Å². The molecule has 1 N–H and O–H groups in total. The number of hydrazone groups is 1. The van der Waals surface area contributed by atoms with Gasteiger partial charge in [-0.05, 0) is 42.0 Å². The van der Waals surface area contributed by atoms with Crippen LogP contribution in [0, 0.1) is 0 Å². The summed E-state index contributed by atoms with van der Waals surface area (Å²) >= 11 is 6.83. The quantitative estimate of drug-likeness (QED) is 0.201. The van der Waals surface area contributed by atoms with Gasteiger partial charge < -0.3 is 9.47 Å². The van der Waals surface area contributed by atoms with Crippen LogP contribution >= 0.6 is 31.9 Å². The second kappa shape index (κ2) is 11.5. The SMILES string of the molecule is C=CCOc1ccc(Br)cc1/C=N/NC(=O)c1cc(Br)ccc1OCc1ccccc1. The largest absolute Gasteiger partial charge is 0.489 e. The van der Waals surface area contributed by atoms with Crippen molar-refractivity contribution in [1.82, 2.24) is 5.43 Å². The Morgan fingerprint density at radius 1 is 0.968 bits per heavy atom. The second-order valence-corrected chi connectivity index (χ2v) is 8.23. The van der Waals surface area contributed by atoms with E-state index in [0.717, 1.165) is 14.5 Å². The van der Waals surface area contributed by atoms with Crippen LogP contribution in [0.15, 0.2) is 93.4 Å². The van der Waals surface area contributed by atoms with Crippen LogP contribution in [0.25, 0.3) is 0 Å². The highest BCUT2D eigenvalue weighted by molar-refractivity contribution is 9.10. The van der Waals surface area contributed by atoms with E-state index < -0.39 is 0 Å². The molecule has 0 spiro atoms. The third kappa shape index (κ3) is 6.80. The van der Waals surface area contributed by atoms with Crippen molar-refractivity contribution in [2.24, 2.45) is 5.10 Å². The van der Waals surface area contributed by atoms with Gasteiger partial charge in [-0.1, -0.05) is 74.8 Å². The first kappa shape index (κ1) is 22.8. The van der Waals surface area contributed by atoms with Crippen LogP contribution in [0.5, 0.6) is 11.5 Å². The number of hydrogen-bond donors (Lipinski definition) is 1. The Bertz CT molecular complexity index is 1090. The zero-order valence-corrected chi connectivity index (χ0v) is 19.7.